The van der Waals surface area contributed by atoms with E-state index in [2.05, 4.69) is 21.9 Å². The quantitative estimate of drug-likeness (QED) is 0.462. The van der Waals surface area contributed by atoms with E-state index in [1.165, 1.54) is 18.3 Å². The van der Waals surface area contributed by atoms with Gasteiger partial charge in [0.05, 0.1) is 11.4 Å². The Morgan fingerprint density at radius 3 is 2.60 bits per heavy atom. The van der Waals surface area contributed by atoms with E-state index in [4.69, 9.17) is 0 Å². The largest absolute Gasteiger partial charge is 0.339 e. The second-order valence-electron chi connectivity index (χ2n) is 7.27. The number of carbonyl (C=O) groups excluding carboxylic acids is 1. The van der Waals surface area contributed by atoms with Crippen LogP contribution in [0, 0.1) is 5.92 Å². The molecule has 1 aliphatic heterocycles. The molecule has 0 radical (unpaired) electrons. The fourth-order valence-corrected chi connectivity index (χ4v) is 3.34. The van der Waals surface area contributed by atoms with Gasteiger partial charge >= 0.3 is 0 Å². The maximum atomic E-state index is 13.5. The summed E-state index contributed by atoms with van der Waals surface area (Å²) < 4.78 is 26.9. The number of nitrogens with one attached hydrogen (secondary N) is 1. The van der Waals surface area contributed by atoms with E-state index in [0.717, 1.165) is 37.6 Å². The number of likely N-dealkylation sites (tertiary alicyclic amines) is 1. The van der Waals surface area contributed by atoms with E-state index in [0.29, 0.717) is 18.9 Å². The van der Waals surface area contributed by atoms with Crippen LogP contribution in [0.15, 0.2) is 60.0 Å². The maximum Gasteiger partial charge on any atom is 0.272 e. The molecule has 1 fully saturated rings. The summed E-state index contributed by atoms with van der Waals surface area (Å²) in [5.74, 6) is -2.34. The summed E-state index contributed by atoms with van der Waals surface area (Å²) >= 11 is 0. The molecule has 0 bridgehead atoms. The molecular weight excluding hydrogens is 386 g/mol. The van der Waals surface area contributed by atoms with E-state index >= 15 is 0 Å². The van der Waals surface area contributed by atoms with Crippen LogP contribution in [0.2, 0.25) is 0 Å². The lowest BCUT2D eigenvalue weighted by Gasteiger charge is -2.32. The highest BCUT2D eigenvalue weighted by molar-refractivity contribution is 6.04. The predicted octanol–water partition coefficient (Wildman–Crippen LogP) is 5.30. The first-order chi connectivity index (χ1) is 14.3. The van der Waals surface area contributed by atoms with Gasteiger partial charge in [0.2, 0.25) is 5.91 Å². The molecule has 5 nitrogen and oxygen atoms in total. The maximum absolute atomic E-state index is 13.5. The molecule has 0 unspecified atom stereocenters. The second-order valence-corrected chi connectivity index (χ2v) is 7.27. The Bertz CT molecular complexity index is 815. The first-order valence-corrected chi connectivity index (χ1v) is 10.2. The Morgan fingerprint density at radius 2 is 2.10 bits per heavy atom. The fourth-order valence-electron chi connectivity index (χ4n) is 3.34. The molecule has 30 heavy (non-hydrogen) atoms. The smallest absolute Gasteiger partial charge is 0.272 e. The summed E-state index contributed by atoms with van der Waals surface area (Å²) in [5.41, 5.74) is 1.57. The Kier molecular flexibility index (Phi) is 8.45. The molecule has 0 saturated carbocycles. The third-order valence-corrected chi connectivity index (χ3v) is 4.95. The van der Waals surface area contributed by atoms with Gasteiger partial charge in [0.15, 0.2) is 0 Å². The van der Waals surface area contributed by atoms with Crippen LogP contribution in [-0.4, -0.2) is 34.6 Å². The average Bonchev–Trinajstić information content (AvgIpc) is 2.73. The lowest BCUT2D eigenvalue weighted by atomic mass is 9.89. The van der Waals surface area contributed by atoms with E-state index in [-0.39, 0.29) is 17.4 Å². The van der Waals surface area contributed by atoms with Crippen LogP contribution in [-0.2, 0) is 10.7 Å². The van der Waals surface area contributed by atoms with Crippen molar-refractivity contribution in [3.63, 3.8) is 0 Å². The second kappa shape index (κ2) is 10.8. The van der Waals surface area contributed by atoms with Crippen LogP contribution in [0.5, 0.6) is 0 Å². The van der Waals surface area contributed by atoms with Gasteiger partial charge in [-0.05, 0) is 44.4 Å². The van der Waals surface area contributed by atoms with Crippen LogP contribution in [0.3, 0.4) is 0 Å². The van der Waals surface area contributed by atoms with Gasteiger partial charge in [-0.15, -0.1) is 0 Å². The van der Waals surface area contributed by atoms with Crippen LogP contribution >= 0.6 is 0 Å². The zero-order valence-electron chi connectivity index (χ0n) is 17.9. The zero-order valence-corrected chi connectivity index (χ0v) is 17.9. The molecule has 0 atom stereocenters. The number of hydrogen-bond donors (Lipinski definition) is 1. The molecule has 1 aromatic rings. The highest BCUT2D eigenvalue weighted by Gasteiger charge is 2.27. The van der Waals surface area contributed by atoms with Crippen molar-refractivity contribution in [1.29, 1.82) is 0 Å². The van der Waals surface area contributed by atoms with Crippen molar-refractivity contribution in [2.75, 3.05) is 18.4 Å². The van der Waals surface area contributed by atoms with Crippen molar-refractivity contribution in [3.05, 3.63) is 60.6 Å². The van der Waals surface area contributed by atoms with Crippen LogP contribution in [0.25, 0.3) is 0 Å². The standard InChI is InChI=1S/C23H30F2N4O/c1-5-8-19(28-20-10-9-18(16-27-20)23(4,24)25)22(26-13-6-2)17-11-14-29(15-12-17)21(30)7-3/h6-10,13,16-17H,3,5,11-12,14-15H2,1-2,4H3,(H,27,28)/b13-6-,19-8-,26-22+. The third-order valence-electron chi connectivity index (χ3n) is 4.95. The molecule has 1 aliphatic rings. The lowest BCUT2D eigenvalue weighted by Crippen LogP contribution is -2.40. The van der Waals surface area contributed by atoms with E-state index in [1.807, 2.05) is 26.0 Å². The molecule has 0 aromatic carbocycles. The Balaban J connectivity index is 2.23. The molecule has 2 heterocycles. The van der Waals surface area contributed by atoms with Crippen molar-refractivity contribution >= 4 is 17.4 Å². The number of allylic oxidation sites excluding steroid dienone is 3. The number of rotatable bonds is 8. The summed E-state index contributed by atoms with van der Waals surface area (Å²) in [4.78, 5) is 22.5. The van der Waals surface area contributed by atoms with Crippen LogP contribution < -0.4 is 5.32 Å². The molecule has 1 aromatic heterocycles. The minimum atomic E-state index is -2.93. The Labute approximate surface area is 177 Å². The summed E-state index contributed by atoms with van der Waals surface area (Å²) in [5, 5.41) is 3.25. The van der Waals surface area contributed by atoms with E-state index < -0.39 is 5.92 Å². The normalized spacial score (nSPS) is 16.8. The van der Waals surface area contributed by atoms with Crippen LogP contribution in [0.1, 0.15) is 45.6 Å². The van der Waals surface area contributed by atoms with Gasteiger partial charge in [-0.25, -0.2) is 13.8 Å². The highest BCUT2D eigenvalue weighted by Crippen LogP contribution is 2.28. The number of aliphatic imine (C=N–C) groups is 1. The van der Waals surface area contributed by atoms with Gasteiger partial charge in [0, 0.05) is 43.9 Å². The summed E-state index contributed by atoms with van der Waals surface area (Å²) in [6, 6.07) is 2.93. The summed E-state index contributed by atoms with van der Waals surface area (Å²) in [6.45, 7) is 9.61. The molecule has 1 amide bonds. The molecule has 2 rings (SSSR count). The summed E-state index contributed by atoms with van der Waals surface area (Å²) in [6.07, 6.45) is 10.5. The first-order valence-electron chi connectivity index (χ1n) is 10.2. The number of piperidine rings is 1. The molecular formula is C23H30F2N4O. The van der Waals surface area contributed by atoms with E-state index in [9.17, 15) is 13.6 Å². The first kappa shape index (κ1) is 23.4. The molecule has 0 aliphatic carbocycles. The number of halogens is 2. The van der Waals surface area contributed by atoms with Crippen molar-refractivity contribution in [2.24, 2.45) is 10.9 Å². The van der Waals surface area contributed by atoms with Gasteiger partial charge in [0.25, 0.3) is 5.92 Å². The molecule has 0 spiro atoms. The van der Waals surface area contributed by atoms with Crippen molar-refractivity contribution in [1.82, 2.24) is 9.88 Å². The Hall–Kier alpha value is -2.83. The molecule has 7 heteroatoms. The number of aromatic nitrogens is 1. The number of nitrogens with zero attached hydrogens (tertiary/aromatic N) is 3. The van der Waals surface area contributed by atoms with Gasteiger partial charge < -0.3 is 10.2 Å². The number of alkyl halides is 2. The SMILES string of the molecule is C=CC(=O)N1CCC(C(=N\C=C/C)/C(=C/CC)Nc2ccc(C(C)(F)F)cn2)CC1. The van der Waals surface area contributed by atoms with Crippen molar-refractivity contribution in [2.45, 2.75) is 46.0 Å². The van der Waals surface area contributed by atoms with E-state index in [1.54, 1.807) is 17.2 Å². The van der Waals surface area contributed by atoms with Gasteiger partial charge in [-0.1, -0.05) is 25.7 Å². The zero-order chi connectivity index (χ0) is 22.1. The third kappa shape index (κ3) is 6.34. The van der Waals surface area contributed by atoms with Crippen molar-refractivity contribution < 1.29 is 13.6 Å². The average molecular weight is 417 g/mol. The predicted molar refractivity (Wildman–Crippen MR) is 118 cm³/mol. The number of anilines is 1. The molecule has 1 saturated heterocycles. The van der Waals surface area contributed by atoms with Crippen LogP contribution in [0.4, 0.5) is 14.6 Å². The topological polar surface area (TPSA) is 57.6 Å². The molecule has 1 N–H and O–H groups in total. The lowest BCUT2D eigenvalue weighted by molar-refractivity contribution is -0.127. The Morgan fingerprint density at radius 1 is 1.40 bits per heavy atom. The fraction of sp³-hybridized carbons (Fsp3) is 0.435. The van der Waals surface area contributed by atoms with Crippen molar-refractivity contribution in [3.8, 4) is 0 Å². The minimum absolute atomic E-state index is 0.0557. The number of pyridine rings is 1. The number of hydrogen-bond acceptors (Lipinski definition) is 4. The number of carbonyl (C=O) groups is 1. The minimum Gasteiger partial charge on any atom is -0.339 e. The van der Waals surface area contributed by atoms with Gasteiger partial charge in [0.1, 0.15) is 5.82 Å². The summed E-state index contributed by atoms with van der Waals surface area (Å²) in [7, 11) is 0. The molecule has 162 valence electrons. The van der Waals surface area contributed by atoms with Gasteiger partial charge in [-0.3, -0.25) is 9.79 Å². The van der Waals surface area contributed by atoms with Gasteiger partial charge in [-0.2, -0.15) is 0 Å². The highest BCUT2D eigenvalue weighted by atomic mass is 19.3. The monoisotopic (exact) mass is 416 g/mol. The number of amides is 1.